The Hall–Kier alpha value is -1.30. The third-order valence-electron chi connectivity index (χ3n) is 4.73. The number of rotatable bonds is 9. The Bertz CT molecular complexity index is 386. The minimum Gasteiger partial charge on any atom is -0.369 e. The third-order valence-corrected chi connectivity index (χ3v) is 4.73. The number of amides is 1. The van der Waals surface area contributed by atoms with Crippen LogP contribution in [0.3, 0.4) is 0 Å². The number of piperidine rings is 1. The number of carbonyl (C=O) groups is 1. The van der Waals surface area contributed by atoms with Gasteiger partial charge in [-0.05, 0) is 71.0 Å². The molecule has 1 aliphatic heterocycles. The highest BCUT2D eigenvalue weighted by Gasteiger charge is 2.22. The molecule has 0 aromatic heterocycles. The van der Waals surface area contributed by atoms with E-state index in [1.807, 2.05) is 0 Å². The molecule has 23 heavy (non-hydrogen) atoms. The SMILES string of the molecule is CCNC(=NCC1CC1)NCCCCN1CCC(C(N)=O)CC1. The number of nitrogens with two attached hydrogens (primary N) is 1. The maximum Gasteiger partial charge on any atom is 0.220 e. The Morgan fingerprint density at radius 1 is 1.17 bits per heavy atom. The minimum atomic E-state index is -0.129. The maximum atomic E-state index is 11.2. The second-order valence-electron chi connectivity index (χ2n) is 6.82. The van der Waals surface area contributed by atoms with E-state index in [0.29, 0.717) is 0 Å². The molecule has 1 aliphatic carbocycles. The molecule has 0 aromatic carbocycles. The number of unbranched alkanes of at least 4 members (excludes halogenated alkanes) is 1. The number of hydrogen-bond donors (Lipinski definition) is 3. The first-order valence-corrected chi connectivity index (χ1v) is 9.23. The summed E-state index contributed by atoms with van der Waals surface area (Å²) in [4.78, 5) is 18.2. The van der Waals surface area contributed by atoms with Gasteiger partial charge in [-0.3, -0.25) is 9.79 Å². The molecule has 2 rings (SSSR count). The average molecular weight is 323 g/mol. The minimum absolute atomic E-state index is 0.0956. The van der Waals surface area contributed by atoms with Crippen molar-refractivity contribution < 1.29 is 4.79 Å². The summed E-state index contributed by atoms with van der Waals surface area (Å²) in [6, 6.07) is 0. The summed E-state index contributed by atoms with van der Waals surface area (Å²) in [5, 5.41) is 6.73. The van der Waals surface area contributed by atoms with Gasteiger partial charge < -0.3 is 21.3 Å². The highest BCUT2D eigenvalue weighted by molar-refractivity contribution is 5.79. The van der Waals surface area contributed by atoms with Crippen molar-refractivity contribution in [3.05, 3.63) is 0 Å². The number of hydrogen-bond acceptors (Lipinski definition) is 3. The smallest absolute Gasteiger partial charge is 0.220 e. The van der Waals surface area contributed by atoms with Crippen molar-refractivity contribution in [2.24, 2.45) is 22.6 Å². The maximum absolute atomic E-state index is 11.2. The fraction of sp³-hybridized carbons (Fsp3) is 0.882. The average Bonchev–Trinajstić information content (AvgIpc) is 3.37. The van der Waals surface area contributed by atoms with E-state index in [1.165, 1.54) is 19.3 Å². The number of primary amides is 1. The van der Waals surface area contributed by atoms with E-state index in [9.17, 15) is 4.79 Å². The Balaban J connectivity index is 1.52. The topological polar surface area (TPSA) is 82.8 Å². The molecule has 6 nitrogen and oxygen atoms in total. The monoisotopic (exact) mass is 323 g/mol. The van der Waals surface area contributed by atoms with Crippen molar-refractivity contribution in [3.63, 3.8) is 0 Å². The number of guanidine groups is 1. The van der Waals surface area contributed by atoms with Crippen LogP contribution in [0.2, 0.25) is 0 Å². The van der Waals surface area contributed by atoms with Gasteiger partial charge in [0.2, 0.25) is 5.91 Å². The highest BCUT2D eigenvalue weighted by Crippen LogP contribution is 2.28. The van der Waals surface area contributed by atoms with Crippen molar-refractivity contribution in [1.29, 1.82) is 0 Å². The molecular formula is C17H33N5O. The van der Waals surface area contributed by atoms with Crippen LogP contribution in [0.15, 0.2) is 4.99 Å². The van der Waals surface area contributed by atoms with Crippen LogP contribution in [-0.2, 0) is 4.79 Å². The molecule has 1 amide bonds. The lowest BCUT2D eigenvalue weighted by Gasteiger charge is -2.30. The van der Waals surface area contributed by atoms with Crippen LogP contribution in [0.4, 0.5) is 0 Å². The van der Waals surface area contributed by atoms with Gasteiger partial charge in [-0.2, -0.15) is 0 Å². The van der Waals surface area contributed by atoms with E-state index in [0.717, 1.165) is 70.4 Å². The van der Waals surface area contributed by atoms with Gasteiger partial charge >= 0.3 is 0 Å². The molecule has 0 atom stereocenters. The number of carbonyl (C=O) groups excluding carboxylic acids is 1. The van der Waals surface area contributed by atoms with Crippen molar-refractivity contribution >= 4 is 11.9 Å². The standard InChI is InChI=1S/C17H33N5O/c1-2-19-17(21-13-14-5-6-14)20-9-3-4-10-22-11-7-15(8-12-22)16(18)23/h14-15H,2-13H2,1H3,(H2,18,23)(H2,19,20,21). The summed E-state index contributed by atoms with van der Waals surface area (Å²) in [5.74, 6) is 1.75. The van der Waals surface area contributed by atoms with Gasteiger partial charge in [-0.15, -0.1) is 0 Å². The lowest BCUT2D eigenvalue weighted by Crippen LogP contribution is -2.39. The molecule has 0 bridgehead atoms. The van der Waals surface area contributed by atoms with Crippen LogP contribution in [0.25, 0.3) is 0 Å². The zero-order chi connectivity index (χ0) is 16.5. The zero-order valence-corrected chi connectivity index (χ0v) is 14.5. The molecule has 1 saturated heterocycles. The first-order valence-electron chi connectivity index (χ1n) is 9.23. The van der Waals surface area contributed by atoms with Crippen molar-refractivity contribution in [1.82, 2.24) is 15.5 Å². The Labute approximate surface area is 140 Å². The van der Waals surface area contributed by atoms with Crippen LogP contribution in [-0.4, -0.2) is 56.0 Å². The van der Waals surface area contributed by atoms with Gasteiger partial charge in [0.1, 0.15) is 0 Å². The quantitative estimate of drug-likeness (QED) is 0.335. The first kappa shape index (κ1) is 18.0. The van der Waals surface area contributed by atoms with Gasteiger partial charge in [0.25, 0.3) is 0 Å². The predicted octanol–water partition coefficient (Wildman–Crippen LogP) is 0.929. The van der Waals surface area contributed by atoms with E-state index in [1.54, 1.807) is 0 Å². The number of likely N-dealkylation sites (tertiary alicyclic amines) is 1. The summed E-state index contributed by atoms with van der Waals surface area (Å²) >= 11 is 0. The molecular weight excluding hydrogens is 290 g/mol. The van der Waals surface area contributed by atoms with Crippen molar-refractivity contribution in [3.8, 4) is 0 Å². The second-order valence-corrected chi connectivity index (χ2v) is 6.82. The van der Waals surface area contributed by atoms with Crippen molar-refractivity contribution in [2.45, 2.75) is 45.4 Å². The van der Waals surface area contributed by atoms with E-state index in [2.05, 4.69) is 27.4 Å². The molecule has 1 heterocycles. The summed E-state index contributed by atoms with van der Waals surface area (Å²) in [5.41, 5.74) is 5.37. The van der Waals surface area contributed by atoms with Gasteiger partial charge in [0.05, 0.1) is 0 Å². The Kier molecular flexibility index (Phi) is 7.65. The van der Waals surface area contributed by atoms with E-state index in [-0.39, 0.29) is 11.8 Å². The molecule has 6 heteroatoms. The van der Waals surface area contributed by atoms with Crippen LogP contribution in [0, 0.1) is 11.8 Å². The molecule has 132 valence electrons. The van der Waals surface area contributed by atoms with Crippen molar-refractivity contribution in [2.75, 3.05) is 39.3 Å². The van der Waals surface area contributed by atoms with Gasteiger partial charge in [-0.25, -0.2) is 0 Å². The lowest BCUT2D eigenvalue weighted by atomic mass is 9.96. The highest BCUT2D eigenvalue weighted by atomic mass is 16.1. The number of nitrogens with one attached hydrogen (secondary N) is 2. The lowest BCUT2D eigenvalue weighted by molar-refractivity contribution is -0.123. The predicted molar refractivity (Wildman–Crippen MR) is 94.3 cm³/mol. The van der Waals surface area contributed by atoms with Gasteiger partial charge in [0.15, 0.2) is 5.96 Å². The fourth-order valence-corrected chi connectivity index (χ4v) is 2.97. The molecule has 0 unspecified atom stereocenters. The summed E-state index contributed by atoms with van der Waals surface area (Å²) in [6.45, 7) is 8.07. The molecule has 4 N–H and O–H groups in total. The van der Waals surface area contributed by atoms with E-state index >= 15 is 0 Å². The first-order chi connectivity index (χ1) is 11.2. The van der Waals surface area contributed by atoms with Gasteiger partial charge in [0, 0.05) is 25.6 Å². The van der Waals surface area contributed by atoms with Crippen LogP contribution in [0.5, 0.6) is 0 Å². The van der Waals surface area contributed by atoms with E-state index in [4.69, 9.17) is 5.73 Å². The number of nitrogens with zero attached hydrogens (tertiary/aromatic N) is 2. The van der Waals surface area contributed by atoms with E-state index < -0.39 is 0 Å². The van der Waals surface area contributed by atoms with Crippen LogP contribution in [0.1, 0.15) is 45.4 Å². The zero-order valence-electron chi connectivity index (χ0n) is 14.5. The third kappa shape index (κ3) is 7.20. The molecule has 2 aliphatic rings. The Morgan fingerprint density at radius 3 is 2.52 bits per heavy atom. The number of aliphatic imine (C=N–C) groups is 1. The molecule has 0 radical (unpaired) electrons. The molecule has 0 spiro atoms. The van der Waals surface area contributed by atoms with Crippen LogP contribution >= 0.6 is 0 Å². The summed E-state index contributed by atoms with van der Waals surface area (Å²) in [6.07, 6.45) is 6.85. The normalized spacial score (nSPS) is 20.5. The van der Waals surface area contributed by atoms with Gasteiger partial charge in [-0.1, -0.05) is 0 Å². The Morgan fingerprint density at radius 2 is 1.91 bits per heavy atom. The molecule has 2 fully saturated rings. The molecule has 0 aromatic rings. The van der Waals surface area contributed by atoms with Crippen LogP contribution < -0.4 is 16.4 Å². The molecule has 1 saturated carbocycles. The largest absolute Gasteiger partial charge is 0.369 e. The second kappa shape index (κ2) is 9.75. The fourth-order valence-electron chi connectivity index (χ4n) is 2.97. The summed E-state index contributed by atoms with van der Waals surface area (Å²) in [7, 11) is 0. The summed E-state index contributed by atoms with van der Waals surface area (Å²) < 4.78 is 0.